The van der Waals surface area contributed by atoms with Crippen LogP contribution in [-0.4, -0.2) is 30.4 Å². The Kier molecular flexibility index (Phi) is 6.89. The second kappa shape index (κ2) is 8.48. The number of pyridine rings is 1. The predicted molar refractivity (Wildman–Crippen MR) is 72.1 cm³/mol. The third-order valence-corrected chi connectivity index (χ3v) is 2.56. The van der Waals surface area contributed by atoms with Crippen molar-refractivity contribution >= 4 is 5.97 Å². The molecule has 0 aliphatic rings. The van der Waals surface area contributed by atoms with E-state index in [0.29, 0.717) is 13.2 Å². The van der Waals surface area contributed by atoms with Gasteiger partial charge in [0.2, 0.25) is 0 Å². The van der Waals surface area contributed by atoms with Gasteiger partial charge >= 0.3 is 5.97 Å². The van der Waals surface area contributed by atoms with E-state index in [2.05, 4.69) is 6.92 Å². The zero-order chi connectivity index (χ0) is 14.1. The quantitative estimate of drug-likeness (QED) is 0.529. The number of aromatic nitrogens is 1. The molecule has 0 aliphatic heterocycles. The summed E-state index contributed by atoms with van der Waals surface area (Å²) in [6, 6.07) is 3.15. The molecule has 0 spiro atoms. The van der Waals surface area contributed by atoms with Gasteiger partial charge < -0.3 is 14.0 Å². The lowest BCUT2D eigenvalue weighted by molar-refractivity contribution is -0.146. The standard InChI is InChI=1S/C14H21NO4/c1-3-4-7-18-8-9-19-14(17)11-15-10-12(2)5-6-13(15)16/h5-6,10H,3-4,7-9,11H2,1-2H3. The van der Waals surface area contributed by atoms with Crippen LogP contribution in [0.3, 0.4) is 0 Å². The van der Waals surface area contributed by atoms with Crippen LogP contribution in [0.4, 0.5) is 0 Å². The van der Waals surface area contributed by atoms with Crippen LogP contribution in [0, 0.1) is 6.92 Å². The summed E-state index contributed by atoms with van der Waals surface area (Å²) in [4.78, 5) is 23.0. The van der Waals surface area contributed by atoms with Crippen LogP contribution in [-0.2, 0) is 20.8 Å². The number of esters is 1. The van der Waals surface area contributed by atoms with Gasteiger partial charge in [0.05, 0.1) is 6.61 Å². The van der Waals surface area contributed by atoms with E-state index in [1.165, 1.54) is 10.6 Å². The van der Waals surface area contributed by atoms with E-state index in [1.807, 2.05) is 6.92 Å². The Labute approximate surface area is 113 Å². The molecule has 1 rings (SSSR count). The van der Waals surface area contributed by atoms with Crippen molar-refractivity contribution < 1.29 is 14.3 Å². The number of ether oxygens (including phenoxy) is 2. The van der Waals surface area contributed by atoms with Crippen molar-refractivity contribution in [2.45, 2.75) is 33.2 Å². The molecule has 5 nitrogen and oxygen atoms in total. The summed E-state index contributed by atoms with van der Waals surface area (Å²) in [6.45, 7) is 5.20. The maximum atomic E-state index is 11.5. The smallest absolute Gasteiger partial charge is 0.326 e. The molecule has 5 heteroatoms. The van der Waals surface area contributed by atoms with Crippen LogP contribution in [0.15, 0.2) is 23.1 Å². The van der Waals surface area contributed by atoms with E-state index in [-0.39, 0.29) is 18.7 Å². The van der Waals surface area contributed by atoms with E-state index in [0.717, 1.165) is 18.4 Å². The maximum Gasteiger partial charge on any atom is 0.326 e. The van der Waals surface area contributed by atoms with Crippen LogP contribution >= 0.6 is 0 Å². The molecule has 1 heterocycles. The number of aryl methyl sites for hydroxylation is 1. The molecule has 0 amide bonds. The third kappa shape index (κ3) is 6.20. The Bertz CT molecular complexity index is 453. The summed E-state index contributed by atoms with van der Waals surface area (Å²) >= 11 is 0. The minimum Gasteiger partial charge on any atom is -0.462 e. The van der Waals surface area contributed by atoms with Gasteiger partial charge in [0.25, 0.3) is 5.56 Å². The monoisotopic (exact) mass is 267 g/mol. The second-order valence-corrected chi connectivity index (χ2v) is 4.36. The Hall–Kier alpha value is -1.62. The average Bonchev–Trinajstić information content (AvgIpc) is 2.38. The van der Waals surface area contributed by atoms with Crippen molar-refractivity contribution in [3.63, 3.8) is 0 Å². The number of carbonyl (C=O) groups is 1. The fourth-order valence-corrected chi connectivity index (χ4v) is 1.52. The van der Waals surface area contributed by atoms with Crippen molar-refractivity contribution in [3.8, 4) is 0 Å². The lowest BCUT2D eigenvalue weighted by Gasteiger charge is -2.08. The summed E-state index contributed by atoms with van der Waals surface area (Å²) in [5.74, 6) is -0.424. The van der Waals surface area contributed by atoms with Gasteiger partial charge in [-0.15, -0.1) is 0 Å². The zero-order valence-electron chi connectivity index (χ0n) is 11.6. The van der Waals surface area contributed by atoms with Gasteiger partial charge in [-0.3, -0.25) is 9.59 Å². The van der Waals surface area contributed by atoms with Crippen molar-refractivity contribution in [1.82, 2.24) is 4.57 Å². The minimum absolute atomic E-state index is 0.0600. The Balaban J connectivity index is 2.27. The molecule has 1 aromatic heterocycles. The summed E-state index contributed by atoms with van der Waals surface area (Å²) < 4.78 is 11.6. The van der Waals surface area contributed by atoms with Gasteiger partial charge in [0.15, 0.2) is 0 Å². The van der Waals surface area contributed by atoms with E-state index >= 15 is 0 Å². The highest BCUT2D eigenvalue weighted by atomic mass is 16.6. The average molecular weight is 267 g/mol. The summed E-state index contributed by atoms with van der Waals surface area (Å²) in [5.41, 5.74) is 0.719. The number of hydrogen-bond donors (Lipinski definition) is 0. The summed E-state index contributed by atoms with van der Waals surface area (Å²) in [5, 5.41) is 0. The molecule has 19 heavy (non-hydrogen) atoms. The summed E-state index contributed by atoms with van der Waals surface area (Å²) in [6.07, 6.45) is 3.73. The van der Waals surface area contributed by atoms with Gasteiger partial charge in [0, 0.05) is 18.9 Å². The first-order chi connectivity index (χ1) is 9.13. The highest BCUT2D eigenvalue weighted by Gasteiger charge is 2.05. The first-order valence-corrected chi connectivity index (χ1v) is 6.54. The highest BCUT2D eigenvalue weighted by Crippen LogP contribution is 1.93. The Morgan fingerprint density at radius 1 is 1.26 bits per heavy atom. The Morgan fingerprint density at radius 3 is 2.79 bits per heavy atom. The van der Waals surface area contributed by atoms with Gasteiger partial charge in [-0.2, -0.15) is 0 Å². The van der Waals surface area contributed by atoms with Crippen LogP contribution in [0.25, 0.3) is 0 Å². The molecule has 1 aromatic rings. The molecule has 0 unspecified atom stereocenters. The van der Waals surface area contributed by atoms with Crippen LogP contribution in [0.2, 0.25) is 0 Å². The van der Waals surface area contributed by atoms with Gasteiger partial charge in [-0.1, -0.05) is 19.4 Å². The topological polar surface area (TPSA) is 57.5 Å². The first-order valence-electron chi connectivity index (χ1n) is 6.54. The van der Waals surface area contributed by atoms with E-state index < -0.39 is 5.97 Å². The highest BCUT2D eigenvalue weighted by molar-refractivity contribution is 5.69. The maximum absolute atomic E-state index is 11.5. The number of hydrogen-bond acceptors (Lipinski definition) is 4. The normalized spacial score (nSPS) is 10.4. The van der Waals surface area contributed by atoms with Gasteiger partial charge in [-0.25, -0.2) is 0 Å². The lowest BCUT2D eigenvalue weighted by Crippen LogP contribution is -2.25. The van der Waals surface area contributed by atoms with E-state index in [9.17, 15) is 9.59 Å². The molecular formula is C14H21NO4. The molecule has 0 fully saturated rings. The predicted octanol–water partition coefficient (Wildman–Crippen LogP) is 1.52. The van der Waals surface area contributed by atoms with Crippen molar-refractivity contribution in [2.24, 2.45) is 0 Å². The van der Waals surface area contributed by atoms with Gasteiger partial charge in [-0.05, 0) is 18.9 Å². The molecule has 0 aromatic carbocycles. The molecule has 0 radical (unpaired) electrons. The number of carbonyl (C=O) groups excluding carboxylic acids is 1. The zero-order valence-corrected chi connectivity index (χ0v) is 11.6. The van der Waals surface area contributed by atoms with E-state index in [4.69, 9.17) is 9.47 Å². The third-order valence-electron chi connectivity index (χ3n) is 2.56. The number of nitrogens with zero attached hydrogens (tertiary/aromatic N) is 1. The van der Waals surface area contributed by atoms with Crippen molar-refractivity contribution in [3.05, 3.63) is 34.2 Å². The van der Waals surface area contributed by atoms with Gasteiger partial charge in [0.1, 0.15) is 13.2 Å². The molecular weight excluding hydrogens is 246 g/mol. The van der Waals surface area contributed by atoms with E-state index in [1.54, 1.807) is 12.3 Å². The number of unbranched alkanes of at least 4 members (excludes halogenated alkanes) is 1. The minimum atomic E-state index is -0.424. The SMILES string of the molecule is CCCCOCCOC(=O)Cn1cc(C)ccc1=O. The molecule has 0 atom stereocenters. The molecule has 0 N–H and O–H groups in total. The fourth-order valence-electron chi connectivity index (χ4n) is 1.52. The largest absolute Gasteiger partial charge is 0.462 e. The van der Waals surface area contributed by atoms with Crippen molar-refractivity contribution in [2.75, 3.05) is 19.8 Å². The fraction of sp³-hybridized carbons (Fsp3) is 0.571. The molecule has 0 aliphatic carbocycles. The van der Waals surface area contributed by atoms with Crippen molar-refractivity contribution in [1.29, 1.82) is 0 Å². The van der Waals surface area contributed by atoms with Crippen LogP contribution in [0.5, 0.6) is 0 Å². The van der Waals surface area contributed by atoms with Crippen LogP contribution < -0.4 is 5.56 Å². The lowest BCUT2D eigenvalue weighted by atomic mass is 10.3. The second-order valence-electron chi connectivity index (χ2n) is 4.36. The molecule has 0 bridgehead atoms. The molecule has 0 saturated heterocycles. The molecule has 0 saturated carbocycles. The Morgan fingerprint density at radius 2 is 2.05 bits per heavy atom. The van der Waals surface area contributed by atoms with Crippen LogP contribution in [0.1, 0.15) is 25.3 Å². The number of rotatable bonds is 8. The summed E-state index contributed by atoms with van der Waals surface area (Å²) in [7, 11) is 0. The first kappa shape index (κ1) is 15.4. The molecule has 106 valence electrons.